The van der Waals surface area contributed by atoms with Gasteiger partial charge in [-0.05, 0) is 43.2 Å². The maximum Gasteiger partial charge on any atom is 0.122 e. The fraction of sp³-hybridized carbons (Fsp3) is 0.188. The molecular formula is C16H18N2O. The molecule has 0 atom stereocenters. The van der Waals surface area contributed by atoms with E-state index in [1.807, 2.05) is 62.4 Å². The predicted octanol–water partition coefficient (Wildman–Crippen LogP) is 3.42. The van der Waals surface area contributed by atoms with Gasteiger partial charge < -0.3 is 10.5 Å². The molecule has 0 aromatic heterocycles. The van der Waals surface area contributed by atoms with E-state index in [1.165, 1.54) is 0 Å². The molecule has 2 aromatic rings. The molecule has 0 aliphatic heterocycles. The van der Waals surface area contributed by atoms with Crippen LogP contribution in [0, 0.1) is 5.41 Å². The van der Waals surface area contributed by atoms with Crippen LogP contribution in [-0.4, -0.2) is 11.9 Å². The van der Waals surface area contributed by atoms with Gasteiger partial charge in [0.15, 0.2) is 0 Å². The van der Waals surface area contributed by atoms with Crippen LogP contribution in [0.25, 0.3) is 11.1 Å². The average Bonchev–Trinajstić information content (AvgIpc) is 2.39. The van der Waals surface area contributed by atoms with Crippen molar-refractivity contribution in [1.29, 1.82) is 5.41 Å². The Bertz CT molecular complexity index is 574. The molecule has 0 heterocycles. The van der Waals surface area contributed by atoms with Gasteiger partial charge in [-0.2, -0.15) is 0 Å². The molecule has 2 aromatic carbocycles. The highest BCUT2D eigenvalue weighted by atomic mass is 16.5. The third-order valence-corrected chi connectivity index (χ3v) is 2.73. The smallest absolute Gasteiger partial charge is 0.122 e. The van der Waals surface area contributed by atoms with Gasteiger partial charge in [-0.1, -0.05) is 30.3 Å². The number of nitrogens with one attached hydrogen (secondary N) is 1. The largest absolute Gasteiger partial charge is 0.491 e. The van der Waals surface area contributed by atoms with Crippen LogP contribution in [0.1, 0.15) is 19.4 Å². The Balaban J connectivity index is 2.27. The number of rotatable bonds is 4. The van der Waals surface area contributed by atoms with E-state index in [4.69, 9.17) is 15.9 Å². The highest BCUT2D eigenvalue weighted by Crippen LogP contribution is 2.23. The van der Waals surface area contributed by atoms with Crippen molar-refractivity contribution < 1.29 is 4.74 Å². The maximum absolute atomic E-state index is 7.46. The molecule has 0 unspecified atom stereocenters. The van der Waals surface area contributed by atoms with Crippen molar-refractivity contribution in [3.05, 3.63) is 54.1 Å². The summed E-state index contributed by atoms with van der Waals surface area (Å²) < 4.78 is 5.61. The average molecular weight is 254 g/mol. The van der Waals surface area contributed by atoms with Gasteiger partial charge in [0.05, 0.1) is 6.10 Å². The zero-order valence-electron chi connectivity index (χ0n) is 11.2. The van der Waals surface area contributed by atoms with E-state index in [0.717, 1.165) is 22.4 Å². The molecule has 0 aliphatic rings. The zero-order valence-corrected chi connectivity index (χ0v) is 11.2. The van der Waals surface area contributed by atoms with Gasteiger partial charge in [0.25, 0.3) is 0 Å². The number of nitrogens with two attached hydrogens (primary N) is 1. The summed E-state index contributed by atoms with van der Waals surface area (Å²) in [7, 11) is 0. The van der Waals surface area contributed by atoms with Crippen LogP contribution in [0.3, 0.4) is 0 Å². The second kappa shape index (κ2) is 5.57. The lowest BCUT2D eigenvalue weighted by atomic mass is 10.0. The molecule has 0 radical (unpaired) electrons. The Morgan fingerprint density at radius 3 is 2.32 bits per heavy atom. The van der Waals surface area contributed by atoms with E-state index < -0.39 is 0 Å². The number of ether oxygens (including phenoxy) is 1. The molecule has 3 heteroatoms. The highest BCUT2D eigenvalue weighted by molar-refractivity contribution is 5.96. The topological polar surface area (TPSA) is 59.1 Å². The second-order valence-electron chi connectivity index (χ2n) is 4.69. The monoisotopic (exact) mass is 254 g/mol. The Kier molecular flexibility index (Phi) is 3.85. The van der Waals surface area contributed by atoms with Crippen molar-refractivity contribution >= 4 is 5.84 Å². The van der Waals surface area contributed by atoms with Crippen LogP contribution in [0.5, 0.6) is 5.75 Å². The molecule has 3 N–H and O–H groups in total. The maximum atomic E-state index is 7.46. The van der Waals surface area contributed by atoms with E-state index in [-0.39, 0.29) is 11.9 Å². The lowest BCUT2D eigenvalue weighted by molar-refractivity contribution is 0.242. The van der Waals surface area contributed by atoms with Crippen molar-refractivity contribution in [3.63, 3.8) is 0 Å². The minimum atomic E-state index is 0.0848. The highest BCUT2D eigenvalue weighted by Gasteiger charge is 2.02. The Morgan fingerprint density at radius 2 is 1.74 bits per heavy atom. The first-order valence-electron chi connectivity index (χ1n) is 6.28. The number of hydrogen-bond donors (Lipinski definition) is 2. The fourth-order valence-electron chi connectivity index (χ4n) is 1.86. The van der Waals surface area contributed by atoms with Gasteiger partial charge in [0.2, 0.25) is 0 Å². The number of amidine groups is 1. The summed E-state index contributed by atoms with van der Waals surface area (Å²) in [6.45, 7) is 4.01. The summed E-state index contributed by atoms with van der Waals surface area (Å²) in [6, 6.07) is 15.6. The molecule has 19 heavy (non-hydrogen) atoms. The lowest BCUT2D eigenvalue weighted by Gasteiger charge is -2.10. The Labute approximate surface area is 113 Å². The van der Waals surface area contributed by atoms with E-state index in [2.05, 4.69) is 0 Å². The fourth-order valence-corrected chi connectivity index (χ4v) is 1.86. The summed E-state index contributed by atoms with van der Waals surface area (Å²) >= 11 is 0. The van der Waals surface area contributed by atoms with Crippen LogP contribution < -0.4 is 10.5 Å². The minimum Gasteiger partial charge on any atom is -0.491 e. The van der Waals surface area contributed by atoms with Crippen LogP contribution in [0.2, 0.25) is 0 Å². The van der Waals surface area contributed by atoms with Crippen LogP contribution in [-0.2, 0) is 0 Å². The summed E-state index contributed by atoms with van der Waals surface area (Å²) in [6.07, 6.45) is 0.173. The normalized spacial score (nSPS) is 10.5. The Hall–Kier alpha value is -2.29. The van der Waals surface area contributed by atoms with E-state index in [1.54, 1.807) is 0 Å². The summed E-state index contributed by atoms with van der Waals surface area (Å²) in [4.78, 5) is 0. The van der Waals surface area contributed by atoms with Crippen LogP contribution in [0.15, 0.2) is 48.5 Å². The van der Waals surface area contributed by atoms with Gasteiger partial charge in [0, 0.05) is 5.56 Å². The molecule has 0 amide bonds. The van der Waals surface area contributed by atoms with Crippen molar-refractivity contribution in [2.24, 2.45) is 5.73 Å². The first-order valence-corrected chi connectivity index (χ1v) is 6.28. The first-order chi connectivity index (χ1) is 9.06. The molecule has 0 aliphatic carbocycles. The number of nitrogen functional groups attached to an aromatic ring is 1. The summed E-state index contributed by atoms with van der Waals surface area (Å²) in [5, 5.41) is 7.46. The molecule has 0 saturated heterocycles. The number of hydrogen-bond acceptors (Lipinski definition) is 2. The third kappa shape index (κ3) is 3.35. The van der Waals surface area contributed by atoms with Gasteiger partial charge in [-0.15, -0.1) is 0 Å². The molecule has 3 nitrogen and oxygen atoms in total. The standard InChI is InChI=1S/C16H18N2O/c1-11(2)19-15-8-6-12(7-9-15)13-4-3-5-14(10-13)16(17)18/h3-11H,1-2H3,(H3,17,18). The Morgan fingerprint density at radius 1 is 1.05 bits per heavy atom. The van der Waals surface area contributed by atoms with Crippen LogP contribution >= 0.6 is 0 Å². The number of benzene rings is 2. The van der Waals surface area contributed by atoms with E-state index in [9.17, 15) is 0 Å². The molecular weight excluding hydrogens is 236 g/mol. The van der Waals surface area contributed by atoms with Gasteiger partial charge in [-0.25, -0.2) is 0 Å². The quantitative estimate of drug-likeness (QED) is 0.648. The molecule has 0 fully saturated rings. The van der Waals surface area contributed by atoms with E-state index >= 15 is 0 Å². The molecule has 2 rings (SSSR count). The lowest BCUT2D eigenvalue weighted by Crippen LogP contribution is -2.10. The molecule has 0 spiro atoms. The van der Waals surface area contributed by atoms with Gasteiger partial charge in [0.1, 0.15) is 11.6 Å². The SMILES string of the molecule is CC(C)Oc1ccc(-c2cccc(C(=N)N)c2)cc1. The molecule has 0 saturated carbocycles. The van der Waals surface area contributed by atoms with Crippen molar-refractivity contribution in [2.45, 2.75) is 20.0 Å². The first kappa shape index (κ1) is 13.1. The van der Waals surface area contributed by atoms with E-state index in [0.29, 0.717) is 0 Å². The van der Waals surface area contributed by atoms with Crippen molar-refractivity contribution in [1.82, 2.24) is 0 Å². The third-order valence-electron chi connectivity index (χ3n) is 2.73. The molecule has 98 valence electrons. The minimum absolute atomic E-state index is 0.0848. The van der Waals surface area contributed by atoms with Gasteiger partial charge >= 0.3 is 0 Å². The zero-order chi connectivity index (χ0) is 13.8. The predicted molar refractivity (Wildman–Crippen MR) is 78.7 cm³/mol. The summed E-state index contributed by atoms with van der Waals surface area (Å²) in [5.74, 6) is 0.947. The van der Waals surface area contributed by atoms with Crippen LogP contribution in [0.4, 0.5) is 0 Å². The van der Waals surface area contributed by atoms with Crippen molar-refractivity contribution in [2.75, 3.05) is 0 Å². The summed E-state index contributed by atoms with van der Waals surface area (Å²) in [5.41, 5.74) is 8.37. The van der Waals surface area contributed by atoms with Crippen molar-refractivity contribution in [3.8, 4) is 16.9 Å². The second-order valence-corrected chi connectivity index (χ2v) is 4.69. The van der Waals surface area contributed by atoms with Gasteiger partial charge in [-0.3, -0.25) is 5.41 Å². The molecule has 0 bridgehead atoms.